The Labute approximate surface area is 98.4 Å². The monoisotopic (exact) mass is 224 g/mol. The molecular formula is C14H24O2. The summed E-state index contributed by atoms with van der Waals surface area (Å²) in [7, 11) is 0. The van der Waals surface area contributed by atoms with Crippen LogP contribution in [0.3, 0.4) is 0 Å². The van der Waals surface area contributed by atoms with E-state index in [0.29, 0.717) is 11.3 Å². The Hall–Kier alpha value is -0.0800. The molecule has 3 fully saturated rings. The van der Waals surface area contributed by atoms with E-state index in [1.807, 2.05) is 0 Å². The third-order valence-electron chi connectivity index (χ3n) is 6.75. The van der Waals surface area contributed by atoms with Crippen molar-refractivity contribution >= 4 is 0 Å². The molecule has 3 aliphatic rings. The highest BCUT2D eigenvalue weighted by atomic mass is 16.5. The maximum absolute atomic E-state index is 9.47. The van der Waals surface area contributed by atoms with Crippen LogP contribution in [0.25, 0.3) is 0 Å². The summed E-state index contributed by atoms with van der Waals surface area (Å²) in [5.41, 5.74) is 0.591. The molecule has 2 bridgehead atoms. The van der Waals surface area contributed by atoms with E-state index in [9.17, 15) is 5.11 Å². The Kier molecular flexibility index (Phi) is 1.96. The summed E-state index contributed by atoms with van der Waals surface area (Å²) in [4.78, 5) is 0. The molecule has 1 spiro atoms. The first-order chi connectivity index (χ1) is 7.39. The highest BCUT2D eigenvalue weighted by molar-refractivity contribution is 5.23. The molecular weight excluding hydrogens is 200 g/mol. The fourth-order valence-electron chi connectivity index (χ4n) is 5.23. The van der Waals surface area contributed by atoms with Crippen molar-refractivity contribution in [1.29, 1.82) is 0 Å². The van der Waals surface area contributed by atoms with Gasteiger partial charge in [0.15, 0.2) is 0 Å². The number of hydrogen-bond acceptors (Lipinski definition) is 2. The second kappa shape index (κ2) is 2.84. The van der Waals surface area contributed by atoms with Crippen LogP contribution in [0.15, 0.2) is 0 Å². The number of hydrogen-bond donors (Lipinski definition) is 1. The van der Waals surface area contributed by atoms with Gasteiger partial charge in [0.2, 0.25) is 0 Å². The van der Waals surface area contributed by atoms with Gasteiger partial charge >= 0.3 is 0 Å². The van der Waals surface area contributed by atoms with Crippen molar-refractivity contribution < 1.29 is 9.84 Å². The third kappa shape index (κ3) is 0.862. The average molecular weight is 224 g/mol. The molecule has 2 nitrogen and oxygen atoms in total. The lowest BCUT2D eigenvalue weighted by Crippen LogP contribution is -2.51. The molecule has 0 aromatic rings. The van der Waals surface area contributed by atoms with Crippen molar-refractivity contribution in [2.45, 2.75) is 58.7 Å². The Balaban J connectivity index is 2.09. The van der Waals surface area contributed by atoms with Gasteiger partial charge in [-0.1, -0.05) is 20.8 Å². The number of fused-ring (bicyclic) bond motifs is 1. The molecule has 0 aromatic heterocycles. The molecule has 1 N–H and O–H groups in total. The fraction of sp³-hybridized carbons (Fsp3) is 1.00. The quantitative estimate of drug-likeness (QED) is 0.742. The Morgan fingerprint density at radius 2 is 2.00 bits per heavy atom. The molecule has 0 aromatic carbocycles. The zero-order valence-corrected chi connectivity index (χ0v) is 10.9. The van der Waals surface area contributed by atoms with Gasteiger partial charge in [-0.2, -0.15) is 0 Å². The van der Waals surface area contributed by atoms with Crippen molar-refractivity contribution in [2.75, 3.05) is 6.61 Å². The second-order valence-electron chi connectivity index (χ2n) is 6.98. The normalized spacial score (nSPS) is 57.9. The highest BCUT2D eigenvalue weighted by Gasteiger charge is 2.75. The first-order valence-corrected chi connectivity index (χ1v) is 6.68. The van der Waals surface area contributed by atoms with E-state index in [1.54, 1.807) is 0 Å². The molecule has 0 amide bonds. The number of ether oxygens (including phenoxy) is 1. The van der Waals surface area contributed by atoms with Crippen LogP contribution in [-0.2, 0) is 4.74 Å². The van der Waals surface area contributed by atoms with E-state index >= 15 is 0 Å². The van der Waals surface area contributed by atoms with Gasteiger partial charge in [0, 0.05) is 5.41 Å². The first-order valence-electron chi connectivity index (χ1n) is 6.68. The second-order valence-corrected chi connectivity index (χ2v) is 6.98. The summed E-state index contributed by atoms with van der Waals surface area (Å²) < 4.78 is 6.32. The first kappa shape index (κ1) is 11.0. The van der Waals surface area contributed by atoms with Gasteiger partial charge < -0.3 is 9.84 Å². The number of rotatable bonds is 1. The molecule has 2 aliphatic carbocycles. The predicted molar refractivity (Wildman–Crippen MR) is 63.1 cm³/mol. The molecule has 5 atom stereocenters. The number of aliphatic hydroxyl groups is 1. The molecule has 1 heterocycles. The molecule has 0 radical (unpaired) electrons. The Morgan fingerprint density at radius 1 is 1.31 bits per heavy atom. The van der Waals surface area contributed by atoms with Crippen LogP contribution in [0, 0.1) is 22.7 Å². The molecule has 1 unspecified atom stereocenters. The van der Waals surface area contributed by atoms with Gasteiger partial charge in [-0.05, 0) is 43.4 Å². The van der Waals surface area contributed by atoms with E-state index in [4.69, 9.17) is 4.74 Å². The molecule has 3 rings (SSSR count). The highest BCUT2D eigenvalue weighted by Crippen LogP contribution is 2.75. The molecule has 92 valence electrons. The summed E-state index contributed by atoms with van der Waals surface area (Å²) in [5, 5.41) is 9.47. The van der Waals surface area contributed by atoms with Crippen LogP contribution >= 0.6 is 0 Å². The van der Waals surface area contributed by atoms with Crippen LogP contribution in [-0.4, -0.2) is 23.4 Å². The van der Waals surface area contributed by atoms with Gasteiger partial charge in [-0.25, -0.2) is 0 Å². The minimum Gasteiger partial charge on any atom is -0.394 e. The van der Waals surface area contributed by atoms with Crippen LogP contribution in [0.2, 0.25) is 0 Å². The van der Waals surface area contributed by atoms with Crippen molar-refractivity contribution in [2.24, 2.45) is 22.7 Å². The summed E-state index contributed by atoms with van der Waals surface area (Å²) in [5.74, 6) is 1.33. The summed E-state index contributed by atoms with van der Waals surface area (Å²) in [6, 6.07) is 0. The average Bonchev–Trinajstić information content (AvgIpc) is 2.81. The maximum Gasteiger partial charge on any atom is 0.0845 e. The standard InChI is InChI=1S/C14H24O2/c1-9-11(8-15)16-13(4)12(2,3)10-5-6-14(9,13)7-10/h9-11,15H,5-8H2,1-4H3/t9-,10?,11-,13-,14-/m0/s1. The maximum atomic E-state index is 9.47. The zero-order chi connectivity index (χ0) is 11.8. The van der Waals surface area contributed by atoms with E-state index in [2.05, 4.69) is 27.7 Å². The van der Waals surface area contributed by atoms with Gasteiger partial charge in [-0.3, -0.25) is 0 Å². The van der Waals surface area contributed by atoms with Crippen LogP contribution < -0.4 is 0 Å². The minimum atomic E-state index is -0.0181. The van der Waals surface area contributed by atoms with Gasteiger partial charge in [0.1, 0.15) is 0 Å². The Morgan fingerprint density at radius 3 is 2.56 bits per heavy atom. The molecule has 2 heteroatoms. The van der Waals surface area contributed by atoms with Gasteiger partial charge in [-0.15, -0.1) is 0 Å². The van der Waals surface area contributed by atoms with Crippen molar-refractivity contribution in [1.82, 2.24) is 0 Å². The smallest absolute Gasteiger partial charge is 0.0845 e. The molecule has 1 aliphatic heterocycles. The Bertz CT molecular complexity index is 325. The molecule has 2 saturated carbocycles. The van der Waals surface area contributed by atoms with Crippen LogP contribution in [0.5, 0.6) is 0 Å². The van der Waals surface area contributed by atoms with Gasteiger partial charge in [0.05, 0.1) is 18.3 Å². The van der Waals surface area contributed by atoms with Crippen molar-refractivity contribution in [3.05, 3.63) is 0 Å². The summed E-state index contributed by atoms with van der Waals surface area (Å²) >= 11 is 0. The topological polar surface area (TPSA) is 29.5 Å². The number of aliphatic hydroxyl groups excluding tert-OH is 1. The van der Waals surface area contributed by atoms with E-state index < -0.39 is 0 Å². The SMILES string of the molecule is C[C@H]1[C@H](CO)O[C@@]2(C)C(C)(C)C3CC[C@]12C3. The van der Waals surface area contributed by atoms with Crippen molar-refractivity contribution in [3.8, 4) is 0 Å². The summed E-state index contributed by atoms with van der Waals surface area (Å²) in [6.45, 7) is 9.50. The fourth-order valence-corrected chi connectivity index (χ4v) is 5.23. The third-order valence-corrected chi connectivity index (χ3v) is 6.75. The zero-order valence-electron chi connectivity index (χ0n) is 10.9. The van der Waals surface area contributed by atoms with Crippen LogP contribution in [0.4, 0.5) is 0 Å². The lowest BCUT2D eigenvalue weighted by atomic mass is 9.58. The van der Waals surface area contributed by atoms with E-state index in [0.717, 1.165) is 5.92 Å². The molecule has 1 saturated heterocycles. The van der Waals surface area contributed by atoms with E-state index in [-0.39, 0.29) is 23.7 Å². The lowest BCUT2D eigenvalue weighted by molar-refractivity contribution is -0.148. The van der Waals surface area contributed by atoms with Crippen LogP contribution in [0.1, 0.15) is 47.0 Å². The van der Waals surface area contributed by atoms with Crippen molar-refractivity contribution in [3.63, 3.8) is 0 Å². The van der Waals surface area contributed by atoms with E-state index in [1.165, 1.54) is 19.3 Å². The van der Waals surface area contributed by atoms with Gasteiger partial charge in [0.25, 0.3) is 0 Å². The molecule has 16 heavy (non-hydrogen) atoms. The predicted octanol–water partition coefficient (Wildman–Crippen LogP) is 2.60. The summed E-state index contributed by atoms with van der Waals surface area (Å²) in [6.07, 6.45) is 4.03. The minimum absolute atomic E-state index is 0.0181. The largest absolute Gasteiger partial charge is 0.394 e. The lowest BCUT2D eigenvalue weighted by Gasteiger charge is -2.49.